The van der Waals surface area contributed by atoms with Crippen LogP contribution < -0.4 is 10.9 Å². The van der Waals surface area contributed by atoms with Crippen molar-refractivity contribution in [3.05, 3.63) is 56.4 Å². The van der Waals surface area contributed by atoms with Crippen molar-refractivity contribution in [2.24, 2.45) is 0 Å². The Kier molecular flexibility index (Phi) is 5.82. The molecule has 0 atom stereocenters. The largest absolute Gasteiger partial charge is 0.325 e. The van der Waals surface area contributed by atoms with E-state index in [-0.39, 0.29) is 23.0 Å². The Morgan fingerprint density at radius 2 is 2.10 bits per heavy atom. The number of aryl methyl sites for hydroxylation is 2. The van der Waals surface area contributed by atoms with Crippen molar-refractivity contribution >= 4 is 50.7 Å². The van der Waals surface area contributed by atoms with Crippen molar-refractivity contribution in [1.82, 2.24) is 9.97 Å². The summed E-state index contributed by atoms with van der Waals surface area (Å²) in [6.07, 6.45) is 4.29. The molecule has 3 aromatic rings. The first-order chi connectivity index (χ1) is 14.0. The van der Waals surface area contributed by atoms with Gasteiger partial charge in [0.1, 0.15) is 10.7 Å². The summed E-state index contributed by atoms with van der Waals surface area (Å²) in [7, 11) is 0. The Labute approximate surface area is 176 Å². The molecule has 2 aromatic heterocycles. The minimum atomic E-state index is -0.161. The number of rotatable bonds is 6. The molecule has 1 aliphatic rings. The number of carbonyl (C=O) groups excluding carboxylic acids is 2. The predicted molar refractivity (Wildman–Crippen MR) is 118 cm³/mol. The van der Waals surface area contributed by atoms with Crippen LogP contribution in [-0.4, -0.2) is 27.4 Å². The number of anilines is 1. The number of hydrogen-bond acceptors (Lipinski definition) is 6. The van der Waals surface area contributed by atoms with E-state index in [1.54, 1.807) is 35.6 Å². The third-order valence-electron chi connectivity index (χ3n) is 4.90. The van der Waals surface area contributed by atoms with E-state index in [2.05, 4.69) is 15.3 Å². The molecule has 29 heavy (non-hydrogen) atoms. The molecule has 0 bridgehead atoms. The molecule has 0 aliphatic heterocycles. The van der Waals surface area contributed by atoms with Crippen molar-refractivity contribution in [1.29, 1.82) is 0 Å². The zero-order valence-corrected chi connectivity index (χ0v) is 17.7. The molecule has 1 amide bonds. The summed E-state index contributed by atoms with van der Waals surface area (Å²) >= 11 is 3.02. The molecule has 0 unspecified atom stereocenters. The quantitative estimate of drug-likeness (QED) is 0.582. The molecule has 0 radical (unpaired) electrons. The second kappa shape index (κ2) is 8.51. The molecule has 150 valence electrons. The number of aromatic nitrogens is 2. The van der Waals surface area contributed by atoms with Crippen LogP contribution in [0.25, 0.3) is 10.2 Å². The van der Waals surface area contributed by atoms with Crippen molar-refractivity contribution in [2.45, 2.75) is 38.4 Å². The van der Waals surface area contributed by atoms with Gasteiger partial charge >= 0.3 is 0 Å². The van der Waals surface area contributed by atoms with E-state index < -0.39 is 0 Å². The number of hydrogen-bond donors (Lipinski definition) is 2. The standard InChI is InChI=1S/C21H21N3O3S2/c1-12(25)13-5-4-6-14(9-13)22-18(26)11-28-10-17-23-20(27)19-15-7-2-3-8-16(15)29-21(19)24-17/h4-6,9H,2-3,7-8,10-11H2,1H3,(H,22,26)(H,23,24,27). The normalized spacial score (nSPS) is 13.3. The van der Waals surface area contributed by atoms with Gasteiger partial charge in [0.25, 0.3) is 5.56 Å². The topological polar surface area (TPSA) is 91.9 Å². The van der Waals surface area contributed by atoms with Gasteiger partial charge in [-0.15, -0.1) is 23.1 Å². The van der Waals surface area contributed by atoms with E-state index in [1.165, 1.54) is 35.5 Å². The van der Waals surface area contributed by atoms with E-state index >= 15 is 0 Å². The second-order valence-electron chi connectivity index (χ2n) is 7.08. The van der Waals surface area contributed by atoms with Gasteiger partial charge in [-0.3, -0.25) is 14.4 Å². The monoisotopic (exact) mass is 427 g/mol. The lowest BCUT2D eigenvalue weighted by Crippen LogP contribution is -2.15. The molecule has 1 aromatic carbocycles. The van der Waals surface area contributed by atoms with Crippen molar-refractivity contribution in [3.63, 3.8) is 0 Å². The zero-order chi connectivity index (χ0) is 20.4. The SMILES string of the molecule is CC(=O)c1cccc(NC(=O)CSCc2nc3sc4c(c3c(=O)[nH]2)CCCC4)c1. The van der Waals surface area contributed by atoms with Crippen LogP contribution in [0.4, 0.5) is 5.69 Å². The molecule has 2 N–H and O–H groups in total. The Morgan fingerprint density at radius 1 is 1.28 bits per heavy atom. The summed E-state index contributed by atoms with van der Waals surface area (Å²) < 4.78 is 0. The maximum absolute atomic E-state index is 12.6. The van der Waals surface area contributed by atoms with E-state index in [0.29, 0.717) is 22.8 Å². The summed E-state index contributed by atoms with van der Waals surface area (Å²) in [5.41, 5.74) is 2.26. The Balaban J connectivity index is 1.38. The number of thiophene rings is 1. The molecule has 0 spiro atoms. The number of aromatic amines is 1. The van der Waals surface area contributed by atoms with Crippen LogP contribution in [0, 0.1) is 0 Å². The van der Waals surface area contributed by atoms with E-state index in [1.807, 2.05) is 0 Å². The predicted octanol–water partition coefficient (Wildman–Crippen LogP) is 3.94. The highest BCUT2D eigenvalue weighted by atomic mass is 32.2. The fraction of sp³-hybridized carbons (Fsp3) is 0.333. The highest BCUT2D eigenvalue weighted by molar-refractivity contribution is 7.99. The van der Waals surface area contributed by atoms with Gasteiger partial charge in [-0.25, -0.2) is 4.98 Å². The molecule has 4 rings (SSSR count). The number of carbonyl (C=O) groups is 2. The molecule has 8 heteroatoms. The van der Waals surface area contributed by atoms with Crippen LogP contribution >= 0.6 is 23.1 Å². The zero-order valence-electron chi connectivity index (χ0n) is 16.0. The number of ketones is 1. The lowest BCUT2D eigenvalue weighted by molar-refractivity contribution is -0.113. The number of benzene rings is 1. The van der Waals surface area contributed by atoms with Gasteiger partial charge < -0.3 is 10.3 Å². The Bertz CT molecular complexity index is 1150. The summed E-state index contributed by atoms with van der Waals surface area (Å²) in [5.74, 6) is 1.07. The fourth-order valence-electron chi connectivity index (χ4n) is 3.53. The highest BCUT2D eigenvalue weighted by Crippen LogP contribution is 2.33. The Morgan fingerprint density at radius 3 is 2.93 bits per heavy atom. The number of amides is 1. The number of H-pyrrole nitrogens is 1. The Hall–Kier alpha value is -2.45. The number of thioether (sulfide) groups is 1. The number of nitrogens with one attached hydrogen (secondary N) is 2. The van der Waals surface area contributed by atoms with Crippen molar-refractivity contribution in [2.75, 3.05) is 11.1 Å². The molecule has 1 aliphatic carbocycles. The van der Waals surface area contributed by atoms with Gasteiger partial charge in [0.2, 0.25) is 5.91 Å². The van der Waals surface area contributed by atoms with Gasteiger partial charge in [-0.05, 0) is 50.3 Å². The molecule has 0 fully saturated rings. The third kappa shape index (κ3) is 4.43. The highest BCUT2D eigenvalue weighted by Gasteiger charge is 2.19. The van der Waals surface area contributed by atoms with Crippen LogP contribution in [0.1, 0.15) is 46.4 Å². The van der Waals surface area contributed by atoms with E-state index in [4.69, 9.17) is 0 Å². The van der Waals surface area contributed by atoms with Gasteiger partial charge in [0, 0.05) is 16.1 Å². The fourth-order valence-corrected chi connectivity index (χ4v) is 5.50. The maximum atomic E-state index is 12.6. The number of fused-ring (bicyclic) bond motifs is 3. The molecule has 6 nitrogen and oxygen atoms in total. The number of Topliss-reactive ketones (excluding diaryl/α,β-unsaturated/α-hetero) is 1. The lowest BCUT2D eigenvalue weighted by Gasteiger charge is -2.09. The first kappa shape index (κ1) is 19.8. The molecular weight excluding hydrogens is 406 g/mol. The van der Waals surface area contributed by atoms with Gasteiger partial charge in [0.15, 0.2) is 5.78 Å². The summed E-state index contributed by atoms with van der Waals surface area (Å²) in [6, 6.07) is 6.87. The van der Waals surface area contributed by atoms with Crippen molar-refractivity contribution < 1.29 is 9.59 Å². The van der Waals surface area contributed by atoms with Crippen LogP contribution in [0.5, 0.6) is 0 Å². The molecule has 0 saturated carbocycles. The average Bonchev–Trinajstić information content (AvgIpc) is 3.07. The summed E-state index contributed by atoms with van der Waals surface area (Å²) in [5, 5.41) is 3.55. The van der Waals surface area contributed by atoms with Crippen LogP contribution in [0.3, 0.4) is 0 Å². The molecule has 2 heterocycles. The molecular formula is C21H21N3O3S2. The second-order valence-corrected chi connectivity index (χ2v) is 9.15. The third-order valence-corrected chi connectivity index (χ3v) is 7.03. The van der Waals surface area contributed by atoms with Crippen LogP contribution in [-0.2, 0) is 23.4 Å². The minimum absolute atomic E-state index is 0.0452. The van der Waals surface area contributed by atoms with Crippen LogP contribution in [0.2, 0.25) is 0 Å². The van der Waals surface area contributed by atoms with Gasteiger partial charge in [0.05, 0.1) is 16.9 Å². The number of nitrogens with zero attached hydrogens (tertiary/aromatic N) is 1. The summed E-state index contributed by atoms with van der Waals surface area (Å²) in [4.78, 5) is 45.8. The van der Waals surface area contributed by atoms with E-state index in [9.17, 15) is 14.4 Å². The summed E-state index contributed by atoms with van der Waals surface area (Å²) in [6.45, 7) is 1.49. The molecule has 0 saturated heterocycles. The lowest BCUT2D eigenvalue weighted by atomic mass is 9.97. The van der Waals surface area contributed by atoms with Gasteiger partial charge in [-0.1, -0.05) is 12.1 Å². The van der Waals surface area contributed by atoms with Gasteiger partial charge in [-0.2, -0.15) is 0 Å². The maximum Gasteiger partial charge on any atom is 0.259 e. The van der Waals surface area contributed by atoms with Crippen LogP contribution in [0.15, 0.2) is 29.1 Å². The first-order valence-corrected chi connectivity index (χ1v) is 11.5. The van der Waals surface area contributed by atoms with E-state index in [0.717, 1.165) is 29.5 Å². The average molecular weight is 428 g/mol. The smallest absolute Gasteiger partial charge is 0.259 e. The minimum Gasteiger partial charge on any atom is -0.325 e. The van der Waals surface area contributed by atoms with Crippen molar-refractivity contribution in [3.8, 4) is 0 Å². The first-order valence-electron chi connectivity index (χ1n) is 9.53.